The van der Waals surface area contributed by atoms with Crippen LogP contribution in [0.3, 0.4) is 0 Å². The number of carbonyl (C=O) groups excluding carboxylic acids is 1. The van der Waals surface area contributed by atoms with Gasteiger partial charge in [-0.3, -0.25) is 4.79 Å². The van der Waals surface area contributed by atoms with Gasteiger partial charge in [0.15, 0.2) is 6.29 Å². The average molecular weight is 280 g/mol. The standard InChI is InChI=1S/C15H20O5/c1-2-18-14(17)9-8-13-12(16)10-19-15(20-13)11-6-4-3-5-7-11/h3-7,12-13,15-16H,2,8-10H2,1H3/t12-,13+,15-/m1/s1. The topological polar surface area (TPSA) is 65.0 Å². The molecule has 0 unspecified atom stereocenters. The first-order valence-electron chi connectivity index (χ1n) is 6.86. The summed E-state index contributed by atoms with van der Waals surface area (Å²) in [6.07, 6.45) is -0.974. The zero-order valence-corrected chi connectivity index (χ0v) is 11.5. The molecule has 1 aromatic carbocycles. The number of ether oxygens (including phenoxy) is 3. The monoisotopic (exact) mass is 280 g/mol. The lowest BCUT2D eigenvalue weighted by Crippen LogP contribution is -2.40. The third-order valence-electron chi connectivity index (χ3n) is 3.16. The number of carbonyl (C=O) groups is 1. The summed E-state index contributed by atoms with van der Waals surface area (Å²) in [5.41, 5.74) is 0.903. The van der Waals surface area contributed by atoms with Gasteiger partial charge in [0.25, 0.3) is 0 Å². The van der Waals surface area contributed by atoms with Crippen molar-refractivity contribution in [3.8, 4) is 0 Å². The smallest absolute Gasteiger partial charge is 0.305 e. The Balaban J connectivity index is 1.90. The highest BCUT2D eigenvalue weighted by atomic mass is 16.7. The van der Waals surface area contributed by atoms with E-state index in [1.165, 1.54) is 0 Å². The summed E-state index contributed by atoms with van der Waals surface area (Å²) < 4.78 is 16.1. The van der Waals surface area contributed by atoms with Gasteiger partial charge in [0.2, 0.25) is 0 Å². The number of rotatable bonds is 5. The minimum atomic E-state index is -0.718. The summed E-state index contributed by atoms with van der Waals surface area (Å²) in [7, 11) is 0. The van der Waals surface area contributed by atoms with E-state index in [1.807, 2.05) is 30.3 Å². The molecule has 110 valence electrons. The summed E-state index contributed by atoms with van der Waals surface area (Å²) >= 11 is 0. The van der Waals surface area contributed by atoms with Gasteiger partial charge in [0.1, 0.15) is 6.10 Å². The van der Waals surface area contributed by atoms with Gasteiger partial charge in [0, 0.05) is 12.0 Å². The highest BCUT2D eigenvalue weighted by Crippen LogP contribution is 2.28. The van der Waals surface area contributed by atoms with Crippen LogP contribution < -0.4 is 0 Å². The average Bonchev–Trinajstić information content (AvgIpc) is 2.47. The molecule has 1 heterocycles. The van der Waals surface area contributed by atoms with Crippen molar-refractivity contribution in [3.05, 3.63) is 35.9 Å². The summed E-state index contributed by atoms with van der Waals surface area (Å²) in [6.45, 7) is 2.33. The normalized spacial score (nSPS) is 26.2. The Morgan fingerprint density at radius 3 is 2.85 bits per heavy atom. The summed E-state index contributed by atoms with van der Waals surface area (Å²) in [5.74, 6) is -0.272. The van der Waals surface area contributed by atoms with E-state index in [0.29, 0.717) is 13.0 Å². The minimum Gasteiger partial charge on any atom is -0.466 e. The maximum atomic E-state index is 11.4. The van der Waals surface area contributed by atoms with Gasteiger partial charge in [-0.15, -0.1) is 0 Å². The molecule has 1 aromatic rings. The van der Waals surface area contributed by atoms with Crippen LogP contribution in [0, 0.1) is 0 Å². The van der Waals surface area contributed by atoms with Crippen LogP contribution in [0.25, 0.3) is 0 Å². The van der Waals surface area contributed by atoms with E-state index in [4.69, 9.17) is 14.2 Å². The van der Waals surface area contributed by atoms with E-state index in [-0.39, 0.29) is 19.0 Å². The molecule has 0 spiro atoms. The predicted molar refractivity (Wildman–Crippen MR) is 71.9 cm³/mol. The quantitative estimate of drug-likeness (QED) is 0.833. The van der Waals surface area contributed by atoms with Crippen molar-refractivity contribution in [2.75, 3.05) is 13.2 Å². The third-order valence-corrected chi connectivity index (χ3v) is 3.16. The molecule has 2 rings (SSSR count). The van der Waals surface area contributed by atoms with Crippen molar-refractivity contribution >= 4 is 5.97 Å². The van der Waals surface area contributed by atoms with E-state index >= 15 is 0 Å². The highest BCUT2D eigenvalue weighted by Gasteiger charge is 2.31. The maximum Gasteiger partial charge on any atom is 0.305 e. The van der Waals surface area contributed by atoms with E-state index in [9.17, 15) is 9.90 Å². The Morgan fingerprint density at radius 2 is 2.15 bits per heavy atom. The first-order chi connectivity index (χ1) is 9.70. The van der Waals surface area contributed by atoms with Crippen molar-refractivity contribution in [3.63, 3.8) is 0 Å². The Kier molecular flexibility index (Phi) is 5.52. The molecule has 1 N–H and O–H groups in total. The van der Waals surface area contributed by atoms with E-state index < -0.39 is 18.5 Å². The van der Waals surface area contributed by atoms with Crippen LogP contribution in [0.2, 0.25) is 0 Å². The number of hydrogen-bond donors (Lipinski definition) is 1. The molecule has 0 aliphatic carbocycles. The zero-order chi connectivity index (χ0) is 14.4. The van der Waals surface area contributed by atoms with Gasteiger partial charge in [-0.2, -0.15) is 0 Å². The Morgan fingerprint density at radius 1 is 1.40 bits per heavy atom. The second-order valence-electron chi connectivity index (χ2n) is 4.66. The van der Waals surface area contributed by atoms with Gasteiger partial charge in [-0.1, -0.05) is 30.3 Å². The first-order valence-corrected chi connectivity index (χ1v) is 6.86. The fourth-order valence-electron chi connectivity index (χ4n) is 2.12. The molecule has 20 heavy (non-hydrogen) atoms. The van der Waals surface area contributed by atoms with E-state index in [2.05, 4.69) is 0 Å². The number of benzene rings is 1. The zero-order valence-electron chi connectivity index (χ0n) is 11.5. The minimum absolute atomic E-state index is 0.201. The fourth-order valence-corrected chi connectivity index (χ4v) is 2.12. The molecule has 0 amide bonds. The molecular weight excluding hydrogens is 260 g/mol. The van der Waals surface area contributed by atoms with Crippen LogP contribution in [0.5, 0.6) is 0 Å². The van der Waals surface area contributed by atoms with E-state index in [1.54, 1.807) is 6.92 Å². The lowest BCUT2D eigenvalue weighted by Gasteiger charge is -2.34. The molecule has 0 bridgehead atoms. The molecule has 5 heteroatoms. The van der Waals surface area contributed by atoms with Crippen molar-refractivity contribution in [1.82, 2.24) is 0 Å². The molecule has 1 saturated heterocycles. The van der Waals surface area contributed by atoms with Gasteiger partial charge >= 0.3 is 5.97 Å². The van der Waals surface area contributed by atoms with Crippen LogP contribution >= 0.6 is 0 Å². The fraction of sp³-hybridized carbons (Fsp3) is 0.533. The number of esters is 1. The first kappa shape index (κ1) is 15.0. The summed E-state index contributed by atoms with van der Waals surface area (Å²) in [4.78, 5) is 11.4. The highest BCUT2D eigenvalue weighted by molar-refractivity contribution is 5.69. The number of aliphatic hydroxyl groups excluding tert-OH is 1. The molecule has 0 saturated carbocycles. The Labute approximate surface area is 118 Å². The molecule has 0 radical (unpaired) electrons. The van der Waals surface area contributed by atoms with Crippen LogP contribution in [0.15, 0.2) is 30.3 Å². The number of aliphatic hydroxyl groups is 1. The summed E-state index contributed by atoms with van der Waals surface area (Å²) in [5, 5.41) is 9.87. The van der Waals surface area contributed by atoms with Crippen LogP contribution in [0.4, 0.5) is 0 Å². The molecule has 0 aromatic heterocycles. The summed E-state index contributed by atoms with van der Waals surface area (Å²) in [6, 6.07) is 9.54. The van der Waals surface area contributed by atoms with Gasteiger partial charge in [0.05, 0.1) is 19.3 Å². The van der Waals surface area contributed by atoms with Crippen LogP contribution in [-0.4, -0.2) is 36.5 Å². The largest absolute Gasteiger partial charge is 0.466 e. The van der Waals surface area contributed by atoms with Gasteiger partial charge < -0.3 is 19.3 Å². The Hall–Kier alpha value is -1.43. The molecule has 5 nitrogen and oxygen atoms in total. The molecule has 1 fully saturated rings. The second kappa shape index (κ2) is 7.38. The van der Waals surface area contributed by atoms with Crippen LogP contribution in [0.1, 0.15) is 31.6 Å². The SMILES string of the molecule is CCOC(=O)CC[C@@H]1O[C@H](c2ccccc2)OC[C@H]1O. The van der Waals surface area contributed by atoms with Crippen molar-refractivity contribution in [2.24, 2.45) is 0 Å². The third kappa shape index (κ3) is 4.03. The van der Waals surface area contributed by atoms with Crippen molar-refractivity contribution < 1.29 is 24.1 Å². The predicted octanol–water partition coefficient (Wildman–Crippen LogP) is 1.80. The van der Waals surface area contributed by atoms with E-state index in [0.717, 1.165) is 5.56 Å². The van der Waals surface area contributed by atoms with Crippen molar-refractivity contribution in [2.45, 2.75) is 38.3 Å². The van der Waals surface area contributed by atoms with Gasteiger partial charge in [-0.05, 0) is 13.3 Å². The number of hydrogen-bond acceptors (Lipinski definition) is 5. The Bertz CT molecular complexity index is 420. The molecule has 1 aliphatic rings. The molecule has 3 atom stereocenters. The van der Waals surface area contributed by atoms with Gasteiger partial charge in [-0.25, -0.2) is 0 Å². The van der Waals surface area contributed by atoms with Crippen LogP contribution in [-0.2, 0) is 19.0 Å². The second-order valence-corrected chi connectivity index (χ2v) is 4.66. The lowest BCUT2D eigenvalue weighted by molar-refractivity contribution is -0.258. The molecule has 1 aliphatic heterocycles. The maximum absolute atomic E-state index is 11.4. The lowest BCUT2D eigenvalue weighted by atomic mass is 10.1. The van der Waals surface area contributed by atoms with Crippen molar-refractivity contribution in [1.29, 1.82) is 0 Å². The molecular formula is C15H20O5.